The Hall–Kier alpha value is -1.97. The highest BCUT2D eigenvalue weighted by Crippen LogP contribution is 2.44. The van der Waals surface area contributed by atoms with Gasteiger partial charge in [-0.05, 0) is 76.1 Å². The Morgan fingerprint density at radius 1 is 1.14 bits per heavy atom. The minimum Gasteiger partial charge on any atom is -0.483 e. The van der Waals surface area contributed by atoms with Gasteiger partial charge in [0.1, 0.15) is 17.1 Å². The van der Waals surface area contributed by atoms with E-state index >= 15 is 0 Å². The normalized spacial score (nSPS) is 18.8. The van der Waals surface area contributed by atoms with Crippen LogP contribution in [0.5, 0.6) is 11.5 Å². The minimum absolute atomic E-state index is 0.288. The van der Waals surface area contributed by atoms with E-state index in [1.165, 1.54) is 32.1 Å². The summed E-state index contributed by atoms with van der Waals surface area (Å²) in [6.45, 7) is 10.1. The molecule has 1 aliphatic heterocycles. The van der Waals surface area contributed by atoms with E-state index in [1.807, 2.05) is 20.8 Å². The van der Waals surface area contributed by atoms with Gasteiger partial charge in [-0.15, -0.1) is 0 Å². The molecule has 2 rings (SSSR count). The number of carbonyl (C=O) groups is 1. The van der Waals surface area contributed by atoms with Crippen molar-refractivity contribution in [1.82, 2.24) is 0 Å². The van der Waals surface area contributed by atoms with E-state index in [0.29, 0.717) is 5.75 Å². The Balaban J connectivity index is 2.10. The van der Waals surface area contributed by atoms with Crippen LogP contribution in [0, 0.1) is 20.8 Å². The number of ether oxygens (including phenoxy) is 2. The lowest BCUT2D eigenvalue weighted by molar-refractivity contribution is -0.139. The molecule has 156 valence electrons. The molecule has 1 aliphatic rings. The standard InChI is InChI=1S/C24H36O4/c1-6-7-8-9-10-11-12-14-24(5)15-13-20-19(4)22(27-16-21(25)26)17(2)18(3)23(20)28-24/h12,14H,6-11,13,15-16H2,1-5H3,(H,25,26)/b14-12+. The summed E-state index contributed by atoms with van der Waals surface area (Å²) in [4.78, 5) is 10.9. The molecule has 28 heavy (non-hydrogen) atoms. The molecule has 0 spiro atoms. The molecule has 1 atom stereocenters. The molecule has 0 fully saturated rings. The lowest BCUT2D eigenvalue weighted by Crippen LogP contribution is -2.35. The van der Waals surface area contributed by atoms with E-state index in [2.05, 4.69) is 26.0 Å². The van der Waals surface area contributed by atoms with Crippen molar-refractivity contribution in [2.24, 2.45) is 0 Å². The molecule has 1 aromatic carbocycles. The van der Waals surface area contributed by atoms with Gasteiger partial charge >= 0.3 is 5.97 Å². The monoisotopic (exact) mass is 388 g/mol. The van der Waals surface area contributed by atoms with Crippen LogP contribution in [0.4, 0.5) is 0 Å². The third-order valence-electron chi connectivity index (χ3n) is 5.80. The zero-order chi connectivity index (χ0) is 20.7. The van der Waals surface area contributed by atoms with Crippen molar-refractivity contribution in [2.75, 3.05) is 6.61 Å². The van der Waals surface area contributed by atoms with E-state index in [4.69, 9.17) is 14.6 Å². The maximum Gasteiger partial charge on any atom is 0.341 e. The summed E-state index contributed by atoms with van der Waals surface area (Å²) in [7, 11) is 0. The predicted octanol–water partition coefficient (Wildman–Crippen LogP) is 6.08. The van der Waals surface area contributed by atoms with Crippen molar-refractivity contribution in [3.05, 3.63) is 34.4 Å². The number of benzene rings is 1. The third kappa shape index (κ3) is 5.52. The Morgan fingerprint density at radius 3 is 2.54 bits per heavy atom. The first-order valence-electron chi connectivity index (χ1n) is 10.6. The summed E-state index contributed by atoms with van der Waals surface area (Å²) in [5.74, 6) is 0.672. The van der Waals surface area contributed by atoms with Gasteiger partial charge in [0.2, 0.25) is 0 Å². The van der Waals surface area contributed by atoms with Crippen molar-refractivity contribution in [3.63, 3.8) is 0 Å². The van der Waals surface area contributed by atoms with Gasteiger partial charge in [0.15, 0.2) is 6.61 Å². The van der Waals surface area contributed by atoms with Crippen molar-refractivity contribution >= 4 is 5.97 Å². The molecule has 0 bridgehead atoms. The summed E-state index contributed by atoms with van der Waals surface area (Å²) >= 11 is 0. The first-order chi connectivity index (χ1) is 13.3. The molecule has 0 aromatic heterocycles. The summed E-state index contributed by atoms with van der Waals surface area (Å²) in [6, 6.07) is 0. The molecular formula is C24H36O4. The number of rotatable bonds is 10. The van der Waals surface area contributed by atoms with Gasteiger partial charge in [-0.2, -0.15) is 0 Å². The molecular weight excluding hydrogens is 352 g/mol. The molecule has 1 heterocycles. The number of fused-ring (bicyclic) bond motifs is 1. The fraction of sp³-hybridized carbons (Fsp3) is 0.625. The van der Waals surface area contributed by atoms with Crippen molar-refractivity contribution in [2.45, 2.75) is 91.6 Å². The number of hydrogen-bond donors (Lipinski definition) is 1. The average molecular weight is 389 g/mol. The van der Waals surface area contributed by atoms with Crippen LogP contribution in [-0.4, -0.2) is 23.3 Å². The van der Waals surface area contributed by atoms with Crippen LogP contribution in [0.2, 0.25) is 0 Å². The van der Waals surface area contributed by atoms with E-state index in [0.717, 1.165) is 47.3 Å². The fourth-order valence-corrected chi connectivity index (χ4v) is 3.92. The van der Waals surface area contributed by atoms with Crippen LogP contribution >= 0.6 is 0 Å². The van der Waals surface area contributed by atoms with E-state index in [9.17, 15) is 4.79 Å². The van der Waals surface area contributed by atoms with Crippen molar-refractivity contribution in [3.8, 4) is 11.5 Å². The van der Waals surface area contributed by atoms with Gasteiger partial charge < -0.3 is 14.6 Å². The largest absolute Gasteiger partial charge is 0.483 e. The molecule has 0 amide bonds. The van der Waals surface area contributed by atoms with Gasteiger partial charge in [0, 0.05) is 5.56 Å². The summed E-state index contributed by atoms with van der Waals surface area (Å²) in [6.07, 6.45) is 13.9. The Morgan fingerprint density at radius 2 is 1.86 bits per heavy atom. The second-order valence-corrected chi connectivity index (χ2v) is 8.21. The quantitative estimate of drug-likeness (QED) is 0.390. The molecule has 1 N–H and O–H groups in total. The fourth-order valence-electron chi connectivity index (χ4n) is 3.92. The zero-order valence-corrected chi connectivity index (χ0v) is 18.2. The number of hydrogen-bond acceptors (Lipinski definition) is 3. The third-order valence-corrected chi connectivity index (χ3v) is 5.80. The lowest BCUT2D eigenvalue weighted by Gasteiger charge is -2.36. The smallest absolute Gasteiger partial charge is 0.341 e. The predicted molar refractivity (Wildman–Crippen MR) is 114 cm³/mol. The Labute approximate surface area is 169 Å². The van der Waals surface area contributed by atoms with E-state index < -0.39 is 5.97 Å². The first-order valence-corrected chi connectivity index (χ1v) is 10.6. The first kappa shape index (κ1) is 22.3. The molecule has 1 unspecified atom stereocenters. The van der Waals surface area contributed by atoms with Gasteiger partial charge in [-0.3, -0.25) is 0 Å². The topological polar surface area (TPSA) is 55.8 Å². The van der Waals surface area contributed by atoms with Crippen LogP contribution in [0.1, 0.15) is 81.0 Å². The van der Waals surface area contributed by atoms with Crippen molar-refractivity contribution < 1.29 is 19.4 Å². The highest BCUT2D eigenvalue weighted by atomic mass is 16.5. The number of carboxylic acid groups (broad SMARTS) is 1. The second kappa shape index (κ2) is 9.99. The Kier molecular flexibility index (Phi) is 7.97. The van der Waals surface area contributed by atoms with Gasteiger partial charge in [-0.1, -0.05) is 38.7 Å². The highest BCUT2D eigenvalue weighted by Gasteiger charge is 2.32. The molecule has 0 radical (unpaired) electrons. The molecule has 4 heteroatoms. The number of carboxylic acids is 1. The lowest BCUT2D eigenvalue weighted by atomic mass is 9.86. The molecule has 4 nitrogen and oxygen atoms in total. The summed E-state index contributed by atoms with van der Waals surface area (Å²) in [5, 5.41) is 8.94. The van der Waals surface area contributed by atoms with Gasteiger partial charge in [0.25, 0.3) is 0 Å². The van der Waals surface area contributed by atoms with Gasteiger partial charge in [0.05, 0.1) is 0 Å². The maximum absolute atomic E-state index is 10.9. The minimum atomic E-state index is -0.960. The van der Waals surface area contributed by atoms with Gasteiger partial charge in [-0.25, -0.2) is 4.79 Å². The SMILES string of the molecule is CCCCCCC/C=C/C1(C)CCc2c(C)c(OCC(=O)O)c(C)c(C)c2O1. The molecule has 0 aliphatic carbocycles. The van der Waals surface area contributed by atoms with Crippen LogP contribution in [0.25, 0.3) is 0 Å². The van der Waals surface area contributed by atoms with E-state index in [1.54, 1.807) is 0 Å². The van der Waals surface area contributed by atoms with E-state index in [-0.39, 0.29) is 12.2 Å². The molecule has 0 saturated carbocycles. The van der Waals surface area contributed by atoms with Crippen molar-refractivity contribution in [1.29, 1.82) is 0 Å². The van der Waals surface area contributed by atoms with Crippen LogP contribution in [0.15, 0.2) is 12.2 Å². The summed E-state index contributed by atoms with van der Waals surface area (Å²) < 4.78 is 12.1. The summed E-state index contributed by atoms with van der Waals surface area (Å²) in [5.41, 5.74) is 3.86. The Bertz CT molecular complexity index is 720. The number of unbranched alkanes of at least 4 members (excludes halogenated alkanes) is 5. The van der Waals surface area contributed by atoms with Crippen LogP contribution in [0.3, 0.4) is 0 Å². The number of aliphatic carboxylic acids is 1. The average Bonchev–Trinajstić information content (AvgIpc) is 2.65. The van der Waals surface area contributed by atoms with Crippen LogP contribution in [-0.2, 0) is 11.2 Å². The number of allylic oxidation sites excluding steroid dienone is 1. The van der Waals surface area contributed by atoms with Crippen LogP contribution < -0.4 is 9.47 Å². The molecule has 1 aromatic rings. The molecule has 0 saturated heterocycles. The second-order valence-electron chi connectivity index (χ2n) is 8.21. The maximum atomic E-state index is 10.9. The highest BCUT2D eigenvalue weighted by molar-refractivity contribution is 5.69. The zero-order valence-electron chi connectivity index (χ0n) is 18.2.